The molecule has 0 aliphatic carbocycles. The molecule has 0 aromatic rings. The van der Waals surface area contributed by atoms with Gasteiger partial charge in [-0.2, -0.15) is 0 Å². The van der Waals surface area contributed by atoms with Crippen LogP contribution in [-0.2, 0) is 23.7 Å². The van der Waals surface area contributed by atoms with Gasteiger partial charge in [0.25, 0.3) is 0 Å². The van der Waals surface area contributed by atoms with E-state index >= 15 is 0 Å². The number of allylic oxidation sites excluding steroid dienone is 8. The van der Waals surface area contributed by atoms with E-state index in [1.54, 1.807) is 0 Å². The van der Waals surface area contributed by atoms with Gasteiger partial charge in [-0.05, 0) is 77.0 Å². The lowest BCUT2D eigenvalue weighted by atomic mass is 9.99. The summed E-state index contributed by atoms with van der Waals surface area (Å²) >= 11 is 0. The average Bonchev–Trinajstić information content (AvgIpc) is 3.27. The summed E-state index contributed by atoms with van der Waals surface area (Å²) in [6.07, 6.45) is 48.5. The van der Waals surface area contributed by atoms with E-state index in [1.807, 2.05) is 0 Å². The SMILES string of the molecule is CCCCC/C=C\C/C=C\CCCCCCCCCCCCOCC(COC1OC(CO)C(O)C(O)C1O)OC(=O)CCCCCCCCCCC/C=C\C/C=C\CCCCC. The summed E-state index contributed by atoms with van der Waals surface area (Å²) < 4.78 is 22.9. The Morgan fingerprint density at radius 3 is 1.39 bits per heavy atom. The molecule has 9 nitrogen and oxygen atoms in total. The molecule has 1 aliphatic heterocycles. The largest absolute Gasteiger partial charge is 0.457 e. The minimum Gasteiger partial charge on any atom is -0.457 e. The highest BCUT2D eigenvalue weighted by Gasteiger charge is 2.44. The van der Waals surface area contributed by atoms with Crippen molar-refractivity contribution in [2.45, 2.75) is 256 Å². The summed E-state index contributed by atoms with van der Waals surface area (Å²) in [6, 6.07) is 0. The van der Waals surface area contributed by atoms with E-state index in [0.29, 0.717) is 13.0 Å². The zero-order valence-corrected chi connectivity index (χ0v) is 39.9. The van der Waals surface area contributed by atoms with Crippen molar-refractivity contribution >= 4 is 5.97 Å². The van der Waals surface area contributed by atoms with Gasteiger partial charge in [-0.15, -0.1) is 0 Å². The molecule has 6 unspecified atom stereocenters. The molecule has 0 aromatic heterocycles. The molecule has 0 amide bonds. The van der Waals surface area contributed by atoms with Gasteiger partial charge in [-0.25, -0.2) is 0 Å². The monoisotopic (exact) mass is 877 g/mol. The van der Waals surface area contributed by atoms with Crippen LogP contribution in [0.1, 0.15) is 219 Å². The fourth-order valence-electron chi connectivity index (χ4n) is 7.67. The van der Waals surface area contributed by atoms with Gasteiger partial charge in [0.1, 0.15) is 30.5 Å². The second-order valence-electron chi connectivity index (χ2n) is 17.6. The molecule has 0 spiro atoms. The molecule has 1 rings (SSSR count). The Labute approximate surface area is 380 Å². The van der Waals surface area contributed by atoms with Crippen molar-refractivity contribution < 1.29 is 44.2 Å². The molecule has 1 aliphatic rings. The van der Waals surface area contributed by atoms with Crippen molar-refractivity contribution in [1.82, 2.24) is 0 Å². The Hall–Kier alpha value is -1.85. The molecule has 0 radical (unpaired) electrons. The first-order chi connectivity index (χ1) is 30.4. The number of aliphatic hydroxyl groups excluding tert-OH is 4. The standard InChI is InChI=1S/C53H96O9/c1-3-5-7-9-11-13-15-17-19-21-23-25-27-29-31-33-35-37-39-41-43-59-45-47(46-60-53-52(58)51(57)50(56)48(44-54)62-53)61-49(55)42-40-38-36-34-32-30-28-26-24-22-20-18-16-14-12-10-8-6-4-2/h11-14,17-20,47-48,50-54,56-58H,3-10,15-16,21-46H2,1-2H3/b13-11-,14-12-,19-17-,20-18-. The summed E-state index contributed by atoms with van der Waals surface area (Å²) in [5, 5.41) is 40.2. The Morgan fingerprint density at radius 2 is 0.935 bits per heavy atom. The van der Waals surface area contributed by atoms with E-state index in [-0.39, 0.29) is 19.2 Å². The second kappa shape index (κ2) is 44.4. The fraction of sp³-hybridized carbons (Fsp3) is 0.830. The topological polar surface area (TPSA) is 135 Å². The molecule has 1 heterocycles. The quantitative estimate of drug-likeness (QED) is 0.0268. The molecular weight excluding hydrogens is 781 g/mol. The van der Waals surface area contributed by atoms with Crippen LogP contribution in [0.3, 0.4) is 0 Å². The van der Waals surface area contributed by atoms with Crippen LogP contribution in [0.2, 0.25) is 0 Å². The minimum atomic E-state index is -1.54. The smallest absolute Gasteiger partial charge is 0.306 e. The van der Waals surface area contributed by atoms with Crippen LogP contribution in [0, 0.1) is 0 Å². The van der Waals surface area contributed by atoms with E-state index in [9.17, 15) is 25.2 Å². The number of esters is 1. The fourth-order valence-corrected chi connectivity index (χ4v) is 7.67. The van der Waals surface area contributed by atoms with Gasteiger partial charge < -0.3 is 39.4 Å². The molecule has 1 fully saturated rings. The molecule has 4 N–H and O–H groups in total. The first-order valence-corrected chi connectivity index (χ1v) is 25.7. The van der Waals surface area contributed by atoms with E-state index < -0.39 is 43.4 Å². The summed E-state index contributed by atoms with van der Waals surface area (Å²) in [7, 11) is 0. The van der Waals surface area contributed by atoms with Crippen molar-refractivity contribution in [3.8, 4) is 0 Å². The van der Waals surface area contributed by atoms with Crippen LogP contribution in [0.15, 0.2) is 48.6 Å². The van der Waals surface area contributed by atoms with Crippen LogP contribution in [0.5, 0.6) is 0 Å². The number of hydrogen-bond acceptors (Lipinski definition) is 9. The molecule has 62 heavy (non-hydrogen) atoms. The van der Waals surface area contributed by atoms with Crippen LogP contribution in [0.25, 0.3) is 0 Å². The van der Waals surface area contributed by atoms with E-state index in [1.165, 1.54) is 154 Å². The number of ether oxygens (including phenoxy) is 4. The van der Waals surface area contributed by atoms with Crippen LogP contribution >= 0.6 is 0 Å². The lowest BCUT2D eigenvalue weighted by Crippen LogP contribution is -2.59. The Kier molecular flexibility index (Phi) is 41.6. The Morgan fingerprint density at radius 1 is 0.516 bits per heavy atom. The van der Waals surface area contributed by atoms with E-state index in [0.717, 1.165) is 44.9 Å². The molecule has 362 valence electrons. The van der Waals surface area contributed by atoms with E-state index in [4.69, 9.17) is 18.9 Å². The molecular formula is C53H96O9. The number of hydrogen-bond donors (Lipinski definition) is 4. The summed E-state index contributed by atoms with van der Waals surface area (Å²) in [5.74, 6) is -0.318. The second-order valence-corrected chi connectivity index (χ2v) is 17.6. The molecule has 1 saturated heterocycles. The normalized spacial score (nSPS) is 20.1. The zero-order chi connectivity index (χ0) is 45.0. The average molecular weight is 877 g/mol. The minimum absolute atomic E-state index is 0.116. The highest BCUT2D eigenvalue weighted by Crippen LogP contribution is 2.23. The summed E-state index contributed by atoms with van der Waals surface area (Å²) in [4.78, 5) is 12.8. The highest BCUT2D eigenvalue weighted by atomic mass is 16.7. The first kappa shape index (κ1) is 58.2. The zero-order valence-electron chi connectivity index (χ0n) is 39.9. The number of carbonyl (C=O) groups is 1. The lowest BCUT2D eigenvalue weighted by Gasteiger charge is -2.39. The molecule has 9 heteroatoms. The number of rotatable bonds is 44. The predicted molar refractivity (Wildman–Crippen MR) is 256 cm³/mol. The molecule has 0 saturated carbocycles. The van der Waals surface area contributed by atoms with Crippen LogP contribution in [0.4, 0.5) is 0 Å². The van der Waals surface area contributed by atoms with Crippen LogP contribution in [-0.4, -0.2) is 89.6 Å². The highest BCUT2D eigenvalue weighted by molar-refractivity contribution is 5.69. The summed E-state index contributed by atoms with van der Waals surface area (Å²) in [5.41, 5.74) is 0. The third-order valence-electron chi connectivity index (χ3n) is 11.7. The van der Waals surface area contributed by atoms with Gasteiger partial charge >= 0.3 is 5.97 Å². The third-order valence-corrected chi connectivity index (χ3v) is 11.7. The molecule has 0 aromatic carbocycles. The molecule has 6 atom stereocenters. The van der Waals surface area contributed by atoms with Gasteiger partial charge in [0, 0.05) is 13.0 Å². The maximum Gasteiger partial charge on any atom is 0.306 e. The van der Waals surface area contributed by atoms with Crippen molar-refractivity contribution in [3.63, 3.8) is 0 Å². The van der Waals surface area contributed by atoms with Crippen LogP contribution < -0.4 is 0 Å². The number of aliphatic hydroxyl groups is 4. The number of unbranched alkanes of at least 4 members (excludes halogenated alkanes) is 25. The first-order valence-electron chi connectivity index (χ1n) is 25.7. The van der Waals surface area contributed by atoms with Gasteiger partial charge in [-0.3, -0.25) is 4.79 Å². The van der Waals surface area contributed by atoms with Gasteiger partial charge in [0.2, 0.25) is 0 Å². The summed E-state index contributed by atoms with van der Waals surface area (Å²) in [6.45, 7) is 4.52. The van der Waals surface area contributed by atoms with Crippen molar-refractivity contribution in [2.75, 3.05) is 26.4 Å². The van der Waals surface area contributed by atoms with Crippen molar-refractivity contribution in [2.24, 2.45) is 0 Å². The predicted octanol–water partition coefficient (Wildman–Crippen LogP) is 12.5. The van der Waals surface area contributed by atoms with E-state index in [2.05, 4.69) is 62.5 Å². The van der Waals surface area contributed by atoms with Crippen molar-refractivity contribution in [3.05, 3.63) is 48.6 Å². The Bertz CT molecular complexity index is 1090. The van der Waals surface area contributed by atoms with Gasteiger partial charge in [0.15, 0.2) is 6.29 Å². The van der Waals surface area contributed by atoms with Crippen molar-refractivity contribution in [1.29, 1.82) is 0 Å². The Balaban J connectivity index is 2.21. The maximum absolute atomic E-state index is 12.8. The number of carbonyl (C=O) groups excluding carboxylic acids is 1. The molecule has 0 bridgehead atoms. The third kappa shape index (κ3) is 34.5. The lowest BCUT2D eigenvalue weighted by molar-refractivity contribution is -0.305. The van der Waals surface area contributed by atoms with Gasteiger partial charge in [0.05, 0.1) is 19.8 Å². The van der Waals surface area contributed by atoms with Gasteiger partial charge in [-0.1, -0.05) is 184 Å². The maximum atomic E-state index is 12.8.